The summed E-state index contributed by atoms with van der Waals surface area (Å²) in [6.07, 6.45) is -4.16. The molecule has 1 N–H and O–H groups in total. The Kier molecular flexibility index (Phi) is 6.49. The second kappa shape index (κ2) is 7.64. The molecule has 0 unspecified atom stereocenters. The first kappa shape index (κ1) is 17.0. The van der Waals surface area contributed by atoms with Gasteiger partial charge in [-0.25, -0.2) is 0 Å². The minimum Gasteiger partial charge on any atom is -0.313 e. The Morgan fingerprint density at radius 3 is 2.40 bits per heavy atom. The lowest BCUT2D eigenvalue weighted by Crippen LogP contribution is -2.38. The maximum absolute atomic E-state index is 12.6. The molecular formula is C15H23F3N2. The molecule has 20 heavy (non-hydrogen) atoms. The van der Waals surface area contributed by atoms with Crippen molar-refractivity contribution in [3.63, 3.8) is 0 Å². The van der Waals surface area contributed by atoms with Gasteiger partial charge in [-0.05, 0) is 31.5 Å². The second-order valence-corrected chi connectivity index (χ2v) is 5.21. The Bertz CT molecular complexity index is 402. The van der Waals surface area contributed by atoms with E-state index < -0.39 is 12.7 Å². The summed E-state index contributed by atoms with van der Waals surface area (Å²) in [4.78, 5) is 1.44. The van der Waals surface area contributed by atoms with Crippen LogP contribution in [0.2, 0.25) is 0 Å². The number of nitrogens with one attached hydrogen (secondary N) is 1. The SMILES string of the molecule is CCNCc1cccc(CN(CC(F)(F)F)C(C)C)c1. The Hall–Kier alpha value is -1.07. The Balaban J connectivity index is 2.73. The predicted octanol–water partition coefficient (Wildman–Crippen LogP) is 3.57. The standard InChI is InChI=1S/C15H23F3N2/c1-4-19-9-13-6-5-7-14(8-13)10-20(12(2)3)11-15(16,17)18/h5-8,12,19H,4,9-11H2,1-3H3. The summed E-state index contributed by atoms with van der Waals surface area (Å²) in [6.45, 7) is 6.65. The van der Waals surface area contributed by atoms with Crippen molar-refractivity contribution in [1.29, 1.82) is 0 Å². The number of benzene rings is 1. The van der Waals surface area contributed by atoms with Crippen molar-refractivity contribution in [1.82, 2.24) is 10.2 Å². The van der Waals surface area contributed by atoms with Gasteiger partial charge in [-0.2, -0.15) is 13.2 Å². The van der Waals surface area contributed by atoms with E-state index in [1.54, 1.807) is 13.8 Å². The van der Waals surface area contributed by atoms with E-state index in [-0.39, 0.29) is 6.04 Å². The van der Waals surface area contributed by atoms with Crippen molar-refractivity contribution in [3.05, 3.63) is 35.4 Å². The number of hydrogen-bond donors (Lipinski definition) is 1. The monoisotopic (exact) mass is 288 g/mol. The summed E-state index contributed by atoms with van der Waals surface area (Å²) in [5.41, 5.74) is 2.01. The van der Waals surface area contributed by atoms with Gasteiger partial charge in [0.1, 0.15) is 0 Å². The van der Waals surface area contributed by atoms with Crippen LogP contribution in [0.25, 0.3) is 0 Å². The van der Waals surface area contributed by atoms with Crippen LogP contribution in [0.5, 0.6) is 0 Å². The minimum absolute atomic E-state index is 0.144. The number of hydrogen-bond acceptors (Lipinski definition) is 2. The third-order valence-corrected chi connectivity index (χ3v) is 3.07. The van der Waals surface area contributed by atoms with Gasteiger partial charge < -0.3 is 5.32 Å². The van der Waals surface area contributed by atoms with Crippen molar-refractivity contribution < 1.29 is 13.2 Å². The average molecular weight is 288 g/mol. The van der Waals surface area contributed by atoms with Gasteiger partial charge in [0.2, 0.25) is 0 Å². The molecule has 0 amide bonds. The Labute approximate surface area is 119 Å². The molecule has 0 aromatic heterocycles. The summed E-state index contributed by atoms with van der Waals surface area (Å²) >= 11 is 0. The van der Waals surface area contributed by atoms with Crippen molar-refractivity contribution in [3.8, 4) is 0 Å². The van der Waals surface area contributed by atoms with E-state index in [1.807, 2.05) is 31.2 Å². The maximum atomic E-state index is 12.6. The first-order valence-electron chi connectivity index (χ1n) is 6.91. The zero-order valence-corrected chi connectivity index (χ0v) is 12.3. The zero-order chi connectivity index (χ0) is 15.2. The third-order valence-electron chi connectivity index (χ3n) is 3.07. The molecule has 0 aliphatic carbocycles. The number of halogens is 3. The van der Waals surface area contributed by atoms with Gasteiger partial charge in [0, 0.05) is 19.1 Å². The predicted molar refractivity (Wildman–Crippen MR) is 75.4 cm³/mol. The highest BCUT2D eigenvalue weighted by atomic mass is 19.4. The van der Waals surface area contributed by atoms with Gasteiger partial charge in [0.15, 0.2) is 0 Å². The van der Waals surface area contributed by atoms with Crippen LogP contribution in [-0.4, -0.2) is 30.2 Å². The maximum Gasteiger partial charge on any atom is 0.401 e. The fraction of sp³-hybridized carbons (Fsp3) is 0.600. The van der Waals surface area contributed by atoms with Gasteiger partial charge >= 0.3 is 6.18 Å². The van der Waals surface area contributed by atoms with Crippen LogP contribution >= 0.6 is 0 Å². The molecule has 0 spiro atoms. The van der Waals surface area contributed by atoms with E-state index in [1.165, 1.54) is 4.90 Å². The Morgan fingerprint density at radius 2 is 1.85 bits per heavy atom. The molecule has 0 aliphatic rings. The molecule has 0 atom stereocenters. The third kappa shape index (κ3) is 6.39. The Morgan fingerprint density at radius 1 is 1.20 bits per heavy atom. The molecule has 0 radical (unpaired) electrons. The van der Waals surface area contributed by atoms with E-state index in [0.29, 0.717) is 6.54 Å². The summed E-state index contributed by atoms with van der Waals surface area (Å²) in [5, 5.41) is 3.21. The molecule has 0 heterocycles. The fourth-order valence-corrected chi connectivity index (χ4v) is 1.99. The molecule has 1 aromatic carbocycles. The van der Waals surface area contributed by atoms with Crippen molar-refractivity contribution >= 4 is 0 Å². The first-order valence-corrected chi connectivity index (χ1v) is 6.91. The minimum atomic E-state index is -4.16. The molecule has 114 valence electrons. The van der Waals surface area contributed by atoms with E-state index >= 15 is 0 Å². The van der Waals surface area contributed by atoms with E-state index in [0.717, 1.165) is 24.2 Å². The van der Waals surface area contributed by atoms with Crippen LogP contribution in [0.15, 0.2) is 24.3 Å². The highest BCUT2D eigenvalue weighted by Crippen LogP contribution is 2.20. The molecule has 2 nitrogen and oxygen atoms in total. The molecule has 0 aliphatic heterocycles. The molecule has 5 heteroatoms. The van der Waals surface area contributed by atoms with Gasteiger partial charge in [-0.1, -0.05) is 31.2 Å². The topological polar surface area (TPSA) is 15.3 Å². The fourth-order valence-electron chi connectivity index (χ4n) is 1.99. The van der Waals surface area contributed by atoms with Crippen LogP contribution in [0.3, 0.4) is 0 Å². The van der Waals surface area contributed by atoms with Crippen molar-refractivity contribution in [2.45, 2.75) is 46.1 Å². The highest BCUT2D eigenvalue weighted by molar-refractivity contribution is 5.23. The molecular weight excluding hydrogens is 265 g/mol. The van der Waals surface area contributed by atoms with Crippen molar-refractivity contribution in [2.75, 3.05) is 13.1 Å². The number of rotatable bonds is 7. The lowest BCUT2D eigenvalue weighted by Gasteiger charge is -2.27. The van der Waals surface area contributed by atoms with Crippen LogP contribution in [0.1, 0.15) is 31.9 Å². The van der Waals surface area contributed by atoms with E-state index in [9.17, 15) is 13.2 Å². The van der Waals surface area contributed by atoms with E-state index in [4.69, 9.17) is 0 Å². The molecule has 1 aromatic rings. The molecule has 0 bridgehead atoms. The molecule has 0 saturated heterocycles. The van der Waals surface area contributed by atoms with Crippen LogP contribution in [0, 0.1) is 0 Å². The molecule has 0 fully saturated rings. The quantitative estimate of drug-likeness (QED) is 0.825. The summed E-state index contributed by atoms with van der Waals surface area (Å²) in [5.74, 6) is 0. The highest BCUT2D eigenvalue weighted by Gasteiger charge is 2.31. The van der Waals surface area contributed by atoms with Gasteiger partial charge in [-0.15, -0.1) is 0 Å². The van der Waals surface area contributed by atoms with Crippen LogP contribution < -0.4 is 5.32 Å². The van der Waals surface area contributed by atoms with E-state index in [2.05, 4.69) is 5.32 Å². The normalized spacial score (nSPS) is 12.4. The number of alkyl halides is 3. The summed E-state index contributed by atoms with van der Waals surface area (Å²) in [7, 11) is 0. The molecule has 0 saturated carbocycles. The zero-order valence-electron chi connectivity index (χ0n) is 12.3. The number of nitrogens with zero attached hydrogens (tertiary/aromatic N) is 1. The average Bonchev–Trinajstić information content (AvgIpc) is 2.34. The van der Waals surface area contributed by atoms with Gasteiger partial charge in [-0.3, -0.25) is 4.90 Å². The lowest BCUT2D eigenvalue weighted by molar-refractivity contribution is -0.150. The summed E-state index contributed by atoms with van der Waals surface area (Å²) in [6, 6.07) is 7.58. The van der Waals surface area contributed by atoms with Gasteiger partial charge in [0.05, 0.1) is 6.54 Å². The smallest absolute Gasteiger partial charge is 0.313 e. The second-order valence-electron chi connectivity index (χ2n) is 5.21. The van der Waals surface area contributed by atoms with Crippen LogP contribution in [0.4, 0.5) is 13.2 Å². The van der Waals surface area contributed by atoms with Crippen LogP contribution in [-0.2, 0) is 13.1 Å². The largest absolute Gasteiger partial charge is 0.401 e. The summed E-state index contributed by atoms with van der Waals surface area (Å²) < 4.78 is 37.7. The molecule has 1 rings (SSSR count). The lowest BCUT2D eigenvalue weighted by atomic mass is 10.1. The van der Waals surface area contributed by atoms with Gasteiger partial charge in [0.25, 0.3) is 0 Å². The first-order chi connectivity index (χ1) is 9.31. The van der Waals surface area contributed by atoms with Crippen molar-refractivity contribution in [2.24, 2.45) is 0 Å².